The maximum absolute atomic E-state index is 10.9. The first-order valence-electron chi connectivity index (χ1n) is 9.88. The molecule has 28 heavy (non-hydrogen) atoms. The fourth-order valence-electron chi connectivity index (χ4n) is 3.39. The first kappa shape index (κ1) is 20.1. The minimum Gasteiger partial charge on any atom is -0.382 e. The summed E-state index contributed by atoms with van der Waals surface area (Å²) >= 11 is 0. The van der Waals surface area contributed by atoms with E-state index in [2.05, 4.69) is 46.9 Å². The van der Waals surface area contributed by atoms with Gasteiger partial charge in [0.2, 0.25) is 5.91 Å². The summed E-state index contributed by atoms with van der Waals surface area (Å²) < 4.78 is 7.94. The molecule has 3 rings (SSSR count). The zero-order valence-corrected chi connectivity index (χ0v) is 16.9. The molecule has 3 N–H and O–H groups in total. The summed E-state index contributed by atoms with van der Waals surface area (Å²) in [4.78, 5) is 20.3. The highest BCUT2D eigenvalue weighted by Crippen LogP contribution is 2.29. The Balaban J connectivity index is 1.92. The van der Waals surface area contributed by atoms with Gasteiger partial charge in [-0.25, -0.2) is 9.97 Å². The van der Waals surface area contributed by atoms with E-state index in [4.69, 9.17) is 15.5 Å². The molecule has 2 aromatic heterocycles. The standard InChI is InChI=1S/C21H29N5O2/c1-4-5-6-18-25-19-20(26(18)10-12-28-11-9-23-15(3)27)16-8-7-14(2)13-17(16)24-21(19)22/h7-8,13H,4-6,9-12H2,1-3H3,(H2,22,24)(H,23,27). The summed E-state index contributed by atoms with van der Waals surface area (Å²) in [5.41, 5.74) is 10.1. The number of amides is 1. The molecular formula is C21H29N5O2. The summed E-state index contributed by atoms with van der Waals surface area (Å²) in [7, 11) is 0. The topological polar surface area (TPSA) is 95.1 Å². The number of unbranched alkanes of at least 4 members (excludes halogenated alkanes) is 1. The molecule has 1 amide bonds. The fourth-order valence-corrected chi connectivity index (χ4v) is 3.39. The molecule has 0 saturated heterocycles. The first-order chi connectivity index (χ1) is 13.5. The SMILES string of the molecule is CCCCc1nc2c(N)nc3cc(C)ccc3c2n1CCOCCNC(C)=O. The van der Waals surface area contributed by atoms with Crippen LogP contribution in [-0.2, 0) is 22.5 Å². The second-order valence-electron chi connectivity index (χ2n) is 7.09. The van der Waals surface area contributed by atoms with Crippen molar-refractivity contribution in [2.75, 3.05) is 25.5 Å². The normalized spacial score (nSPS) is 11.4. The van der Waals surface area contributed by atoms with Crippen LogP contribution in [0.3, 0.4) is 0 Å². The Morgan fingerprint density at radius 3 is 2.86 bits per heavy atom. The number of hydrogen-bond donors (Lipinski definition) is 2. The molecule has 150 valence electrons. The van der Waals surface area contributed by atoms with Crippen molar-refractivity contribution >= 4 is 33.7 Å². The van der Waals surface area contributed by atoms with Crippen LogP contribution >= 0.6 is 0 Å². The quantitative estimate of drug-likeness (QED) is 0.554. The molecule has 0 aliphatic carbocycles. The Morgan fingerprint density at radius 1 is 1.29 bits per heavy atom. The van der Waals surface area contributed by atoms with Gasteiger partial charge in [0.25, 0.3) is 0 Å². The smallest absolute Gasteiger partial charge is 0.216 e. The number of rotatable bonds is 9. The van der Waals surface area contributed by atoms with E-state index in [0.29, 0.717) is 32.1 Å². The van der Waals surface area contributed by atoms with Gasteiger partial charge in [0.05, 0.1) is 24.2 Å². The van der Waals surface area contributed by atoms with E-state index < -0.39 is 0 Å². The molecule has 1 aromatic carbocycles. The molecule has 0 spiro atoms. The molecular weight excluding hydrogens is 354 g/mol. The number of fused-ring (bicyclic) bond motifs is 3. The van der Waals surface area contributed by atoms with Crippen molar-refractivity contribution in [1.82, 2.24) is 19.9 Å². The highest BCUT2D eigenvalue weighted by Gasteiger charge is 2.17. The van der Waals surface area contributed by atoms with Crippen molar-refractivity contribution < 1.29 is 9.53 Å². The third kappa shape index (κ3) is 4.42. The highest BCUT2D eigenvalue weighted by atomic mass is 16.5. The van der Waals surface area contributed by atoms with Crippen LogP contribution in [0.2, 0.25) is 0 Å². The Labute approximate surface area is 165 Å². The number of nitrogens with two attached hydrogens (primary N) is 1. The molecule has 7 nitrogen and oxygen atoms in total. The second kappa shape index (κ2) is 9.01. The summed E-state index contributed by atoms with van der Waals surface area (Å²) in [6, 6.07) is 6.24. The Kier molecular flexibility index (Phi) is 6.46. The largest absolute Gasteiger partial charge is 0.382 e. The van der Waals surface area contributed by atoms with Crippen molar-refractivity contribution in [2.24, 2.45) is 0 Å². The first-order valence-corrected chi connectivity index (χ1v) is 9.88. The highest BCUT2D eigenvalue weighted by molar-refractivity contribution is 6.06. The molecule has 0 fully saturated rings. The van der Waals surface area contributed by atoms with Crippen molar-refractivity contribution in [3.8, 4) is 0 Å². The number of ether oxygens (including phenoxy) is 1. The predicted octanol–water partition coefficient (Wildman–Crippen LogP) is 2.97. The van der Waals surface area contributed by atoms with Crippen molar-refractivity contribution in [1.29, 1.82) is 0 Å². The number of anilines is 1. The molecule has 7 heteroatoms. The zero-order valence-electron chi connectivity index (χ0n) is 16.9. The molecule has 0 aliphatic heterocycles. The van der Waals surface area contributed by atoms with Gasteiger partial charge in [-0.3, -0.25) is 4.79 Å². The number of nitrogens with one attached hydrogen (secondary N) is 1. The number of hydrogen-bond acceptors (Lipinski definition) is 5. The lowest BCUT2D eigenvalue weighted by molar-refractivity contribution is -0.119. The lowest BCUT2D eigenvalue weighted by Gasteiger charge is -2.12. The third-order valence-corrected chi connectivity index (χ3v) is 4.77. The van der Waals surface area contributed by atoms with E-state index in [0.717, 1.165) is 52.6 Å². The summed E-state index contributed by atoms with van der Waals surface area (Å²) in [5.74, 6) is 1.44. The van der Waals surface area contributed by atoms with E-state index in [9.17, 15) is 4.79 Å². The predicted molar refractivity (Wildman–Crippen MR) is 112 cm³/mol. The van der Waals surface area contributed by atoms with Crippen LogP contribution in [0, 0.1) is 6.92 Å². The van der Waals surface area contributed by atoms with E-state index in [1.54, 1.807) is 0 Å². The van der Waals surface area contributed by atoms with E-state index >= 15 is 0 Å². The number of imidazole rings is 1. The average molecular weight is 383 g/mol. The lowest BCUT2D eigenvalue weighted by atomic mass is 10.1. The van der Waals surface area contributed by atoms with Crippen LogP contribution in [0.1, 0.15) is 38.1 Å². The third-order valence-electron chi connectivity index (χ3n) is 4.77. The molecule has 0 unspecified atom stereocenters. The van der Waals surface area contributed by atoms with Crippen molar-refractivity contribution in [2.45, 2.75) is 46.6 Å². The summed E-state index contributed by atoms with van der Waals surface area (Å²) in [6.07, 6.45) is 3.06. The monoisotopic (exact) mass is 383 g/mol. The van der Waals surface area contributed by atoms with Crippen LogP contribution in [-0.4, -0.2) is 40.2 Å². The van der Waals surface area contributed by atoms with Gasteiger partial charge in [-0.05, 0) is 25.0 Å². The van der Waals surface area contributed by atoms with Gasteiger partial charge in [0.15, 0.2) is 5.82 Å². The number of pyridine rings is 1. The minimum absolute atomic E-state index is 0.0456. The minimum atomic E-state index is -0.0456. The van der Waals surface area contributed by atoms with Gasteiger partial charge in [0, 0.05) is 31.8 Å². The van der Waals surface area contributed by atoms with Gasteiger partial charge in [-0.1, -0.05) is 25.5 Å². The number of aromatic nitrogens is 3. The van der Waals surface area contributed by atoms with Gasteiger partial charge in [0.1, 0.15) is 11.3 Å². The molecule has 0 bridgehead atoms. The van der Waals surface area contributed by atoms with Gasteiger partial charge in [-0.15, -0.1) is 0 Å². The van der Waals surface area contributed by atoms with E-state index in [1.807, 2.05) is 0 Å². The van der Waals surface area contributed by atoms with Gasteiger partial charge in [-0.2, -0.15) is 0 Å². The maximum Gasteiger partial charge on any atom is 0.216 e. The molecule has 0 saturated carbocycles. The Bertz CT molecular complexity index is 980. The van der Waals surface area contributed by atoms with E-state index in [1.165, 1.54) is 6.92 Å². The number of benzene rings is 1. The molecule has 2 heterocycles. The van der Waals surface area contributed by atoms with E-state index in [-0.39, 0.29) is 5.91 Å². The number of nitrogens with zero attached hydrogens (tertiary/aromatic N) is 3. The number of carbonyl (C=O) groups excluding carboxylic acids is 1. The summed E-state index contributed by atoms with van der Waals surface area (Å²) in [6.45, 7) is 7.95. The molecule has 3 aromatic rings. The Hall–Kier alpha value is -2.67. The molecule has 0 atom stereocenters. The van der Waals surface area contributed by atoms with Crippen molar-refractivity contribution in [3.05, 3.63) is 29.6 Å². The summed E-state index contributed by atoms with van der Waals surface area (Å²) in [5, 5.41) is 3.80. The van der Waals surface area contributed by atoms with Gasteiger partial charge >= 0.3 is 0 Å². The van der Waals surface area contributed by atoms with Crippen LogP contribution in [0.4, 0.5) is 5.82 Å². The zero-order chi connectivity index (χ0) is 20.1. The number of aryl methyl sites for hydroxylation is 2. The van der Waals surface area contributed by atoms with Crippen LogP contribution < -0.4 is 11.1 Å². The molecule has 0 aliphatic rings. The second-order valence-corrected chi connectivity index (χ2v) is 7.09. The average Bonchev–Trinajstić information content (AvgIpc) is 3.01. The van der Waals surface area contributed by atoms with Crippen LogP contribution in [0.25, 0.3) is 21.9 Å². The maximum atomic E-state index is 10.9. The number of nitrogen functional groups attached to an aromatic ring is 1. The van der Waals surface area contributed by atoms with Crippen molar-refractivity contribution in [3.63, 3.8) is 0 Å². The number of carbonyl (C=O) groups is 1. The fraction of sp³-hybridized carbons (Fsp3) is 0.476. The molecule has 0 radical (unpaired) electrons. The Morgan fingerprint density at radius 2 is 2.11 bits per heavy atom. The van der Waals surface area contributed by atoms with Crippen LogP contribution in [0.15, 0.2) is 18.2 Å². The lowest BCUT2D eigenvalue weighted by Crippen LogP contribution is -2.25. The van der Waals surface area contributed by atoms with Gasteiger partial charge < -0.3 is 20.4 Å². The van der Waals surface area contributed by atoms with Crippen LogP contribution in [0.5, 0.6) is 0 Å².